The van der Waals surface area contributed by atoms with Gasteiger partial charge in [0.15, 0.2) is 0 Å². The van der Waals surface area contributed by atoms with E-state index in [1.54, 1.807) is 25.4 Å². The van der Waals surface area contributed by atoms with Gasteiger partial charge in [0.2, 0.25) is 10.0 Å². The normalized spacial score (nSPS) is 23.3. The zero-order valence-electron chi connectivity index (χ0n) is 10.7. The standard InChI is InChI=1S/C12H19N3O2S/c1-9-6-10(9)8-15(2)18(16,17)12-4-3-5-14-11(12)7-13/h3-5,9-10H,6-8,13H2,1-2H3. The fourth-order valence-corrected chi connectivity index (χ4v) is 3.47. The third-order valence-corrected chi connectivity index (χ3v) is 5.40. The van der Waals surface area contributed by atoms with E-state index in [4.69, 9.17) is 5.73 Å². The van der Waals surface area contributed by atoms with Crippen molar-refractivity contribution in [3.05, 3.63) is 24.0 Å². The number of nitrogens with zero attached hydrogens (tertiary/aromatic N) is 2. The van der Waals surface area contributed by atoms with E-state index in [0.717, 1.165) is 6.42 Å². The van der Waals surface area contributed by atoms with Gasteiger partial charge in [-0.15, -0.1) is 0 Å². The molecule has 1 heterocycles. The van der Waals surface area contributed by atoms with Crippen LogP contribution in [0.5, 0.6) is 0 Å². The highest BCUT2D eigenvalue weighted by atomic mass is 32.2. The van der Waals surface area contributed by atoms with Crippen molar-refractivity contribution in [3.8, 4) is 0 Å². The lowest BCUT2D eigenvalue weighted by molar-refractivity contribution is 0.443. The highest BCUT2D eigenvalue weighted by molar-refractivity contribution is 7.89. The van der Waals surface area contributed by atoms with Gasteiger partial charge in [-0.05, 0) is 30.4 Å². The zero-order valence-corrected chi connectivity index (χ0v) is 11.5. The number of aromatic nitrogens is 1. The lowest BCUT2D eigenvalue weighted by Gasteiger charge is -2.18. The second-order valence-electron chi connectivity index (χ2n) is 4.91. The molecular formula is C12H19N3O2S. The van der Waals surface area contributed by atoms with Crippen molar-refractivity contribution in [2.45, 2.75) is 24.8 Å². The second-order valence-corrected chi connectivity index (χ2v) is 6.92. The first-order valence-electron chi connectivity index (χ1n) is 6.07. The summed E-state index contributed by atoms with van der Waals surface area (Å²) in [5, 5.41) is 0. The number of hydrogen-bond acceptors (Lipinski definition) is 4. The SMILES string of the molecule is CC1CC1CN(C)S(=O)(=O)c1cccnc1CN. The minimum absolute atomic E-state index is 0.128. The molecule has 0 aliphatic heterocycles. The number of sulfonamides is 1. The van der Waals surface area contributed by atoms with E-state index in [0.29, 0.717) is 24.1 Å². The zero-order chi connectivity index (χ0) is 13.3. The molecule has 1 fully saturated rings. The largest absolute Gasteiger partial charge is 0.325 e. The molecule has 18 heavy (non-hydrogen) atoms. The maximum Gasteiger partial charge on any atom is 0.244 e. The van der Waals surface area contributed by atoms with E-state index in [1.807, 2.05) is 0 Å². The number of rotatable bonds is 5. The van der Waals surface area contributed by atoms with Crippen LogP contribution in [0.25, 0.3) is 0 Å². The highest BCUT2D eigenvalue weighted by Gasteiger charge is 2.36. The van der Waals surface area contributed by atoms with Gasteiger partial charge in [-0.25, -0.2) is 12.7 Å². The topological polar surface area (TPSA) is 76.3 Å². The van der Waals surface area contributed by atoms with Gasteiger partial charge in [0.25, 0.3) is 0 Å². The maximum absolute atomic E-state index is 12.4. The van der Waals surface area contributed by atoms with Crippen molar-refractivity contribution < 1.29 is 8.42 Å². The van der Waals surface area contributed by atoms with Gasteiger partial charge in [-0.1, -0.05) is 6.92 Å². The molecule has 6 heteroatoms. The predicted molar refractivity (Wildman–Crippen MR) is 69.2 cm³/mol. The quantitative estimate of drug-likeness (QED) is 0.858. The fraction of sp³-hybridized carbons (Fsp3) is 0.583. The van der Waals surface area contributed by atoms with E-state index in [2.05, 4.69) is 11.9 Å². The molecule has 0 radical (unpaired) electrons. The summed E-state index contributed by atoms with van der Waals surface area (Å²) in [7, 11) is -1.85. The van der Waals surface area contributed by atoms with Gasteiger partial charge in [-0.3, -0.25) is 4.98 Å². The van der Waals surface area contributed by atoms with E-state index in [1.165, 1.54) is 4.31 Å². The molecule has 0 aromatic carbocycles. The first kappa shape index (κ1) is 13.5. The van der Waals surface area contributed by atoms with E-state index >= 15 is 0 Å². The van der Waals surface area contributed by atoms with Crippen molar-refractivity contribution >= 4 is 10.0 Å². The molecule has 1 aliphatic carbocycles. The van der Waals surface area contributed by atoms with Crippen LogP contribution in [0.4, 0.5) is 0 Å². The van der Waals surface area contributed by atoms with Gasteiger partial charge in [-0.2, -0.15) is 0 Å². The van der Waals surface area contributed by atoms with Gasteiger partial charge >= 0.3 is 0 Å². The minimum Gasteiger partial charge on any atom is -0.325 e. The van der Waals surface area contributed by atoms with Gasteiger partial charge in [0.1, 0.15) is 4.90 Å². The molecule has 5 nitrogen and oxygen atoms in total. The lowest BCUT2D eigenvalue weighted by atomic mass is 10.3. The summed E-state index contributed by atoms with van der Waals surface area (Å²) in [4.78, 5) is 4.25. The molecule has 0 bridgehead atoms. The van der Waals surface area contributed by atoms with Crippen LogP contribution in [0.1, 0.15) is 19.0 Å². The molecule has 1 aromatic heterocycles. The summed E-state index contributed by atoms with van der Waals surface area (Å²) in [5.74, 6) is 1.12. The summed E-state index contributed by atoms with van der Waals surface area (Å²) in [6.07, 6.45) is 2.67. The van der Waals surface area contributed by atoms with Crippen LogP contribution in [0.2, 0.25) is 0 Å². The predicted octanol–water partition coefficient (Wildman–Crippen LogP) is 0.817. The Morgan fingerprint density at radius 3 is 2.78 bits per heavy atom. The number of nitrogens with two attached hydrogens (primary N) is 1. The van der Waals surface area contributed by atoms with Crippen molar-refractivity contribution in [1.82, 2.24) is 9.29 Å². The van der Waals surface area contributed by atoms with Crippen molar-refractivity contribution in [2.24, 2.45) is 17.6 Å². The smallest absolute Gasteiger partial charge is 0.244 e. The molecule has 0 spiro atoms. The van der Waals surface area contributed by atoms with Crippen molar-refractivity contribution in [2.75, 3.05) is 13.6 Å². The molecule has 2 rings (SSSR count). The third kappa shape index (κ3) is 2.55. The maximum atomic E-state index is 12.4. The van der Waals surface area contributed by atoms with Crippen molar-refractivity contribution in [1.29, 1.82) is 0 Å². The van der Waals surface area contributed by atoms with Crippen LogP contribution in [0.15, 0.2) is 23.2 Å². The Bertz CT molecular complexity index is 530. The van der Waals surface area contributed by atoms with Crippen LogP contribution in [0.3, 0.4) is 0 Å². The Kier molecular flexibility index (Phi) is 3.70. The van der Waals surface area contributed by atoms with Crippen LogP contribution in [-0.4, -0.2) is 31.3 Å². The van der Waals surface area contributed by atoms with Crippen LogP contribution in [0, 0.1) is 11.8 Å². The molecule has 2 N–H and O–H groups in total. The Labute approximate surface area is 108 Å². The Morgan fingerprint density at radius 2 is 2.22 bits per heavy atom. The lowest BCUT2D eigenvalue weighted by Crippen LogP contribution is -2.30. The molecular weight excluding hydrogens is 250 g/mol. The van der Waals surface area contributed by atoms with Crippen LogP contribution >= 0.6 is 0 Å². The molecule has 0 amide bonds. The van der Waals surface area contributed by atoms with Crippen molar-refractivity contribution in [3.63, 3.8) is 0 Å². The third-order valence-electron chi connectivity index (χ3n) is 3.50. The Morgan fingerprint density at radius 1 is 1.56 bits per heavy atom. The Balaban J connectivity index is 2.24. The summed E-state index contributed by atoms with van der Waals surface area (Å²) >= 11 is 0. The van der Waals surface area contributed by atoms with Gasteiger partial charge in [0.05, 0.1) is 5.69 Å². The van der Waals surface area contributed by atoms with Crippen LogP contribution < -0.4 is 5.73 Å². The molecule has 1 saturated carbocycles. The minimum atomic E-state index is -3.47. The van der Waals surface area contributed by atoms with E-state index in [9.17, 15) is 8.42 Å². The fourth-order valence-electron chi connectivity index (χ4n) is 2.06. The average Bonchev–Trinajstić information content (AvgIpc) is 3.04. The second kappa shape index (κ2) is 4.95. The average molecular weight is 269 g/mol. The van der Waals surface area contributed by atoms with E-state index in [-0.39, 0.29) is 11.4 Å². The molecule has 2 unspecified atom stereocenters. The first-order valence-corrected chi connectivity index (χ1v) is 7.51. The highest BCUT2D eigenvalue weighted by Crippen LogP contribution is 2.38. The molecule has 0 saturated heterocycles. The molecule has 2 atom stereocenters. The van der Waals surface area contributed by atoms with Crippen LogP contribution in [-0.2, 0) is 16.6 Å². The summed E-state index contributed by atoms with van der Waals surface area (Å²) < 4.78 is 26.2. The number of pyridine rings is 1. The summed E-state index contributed by atoms with van der Waals surface area (Å²) in [6.45, 7) is 2.84. The molecule has 1 aromatic rings. The van der Waals surface area contributed by atoms with Gasteiger partial charge in [0, 0.05) is 26.3 Å². The molecule has 100 valence electrons. The summed E-state index contributed by atoms with van der Waals surface area (Å²) in [6, 6.07) is 3.19. The van der Waals surface area contributed by atoms with E-state index < -0.39 is 10.0 Å². The van der Waals surface area contributed by atoms with Gasteiger partial charge < -0.3 is 5.73 Å². The monoisotopic (exact) mass is 269 g/mol. The number of hydrogen-bond donors (Lipinski definition) is 1. The first-order chi connectivity index (χ1) is 8.46. The summed E-state index contributed by atoms with van der Waals surface area (Å²) in [5.41, 5.74) is 5.96. The molecule has 1 aliphatic rings. The Hall–Kier alpha value is -0.980.